The highest BCUT2D eigenvalue weighted by Crippen LogP contribution is 2.17. The van der Waals surface area contributed by atoms with E-state index in [-0.39, 0.29) is 18.4 Å². The van der Waals surface area contributed by atoms with Gasteiger partial charge in [0.2, 0.25) is 5.91 Å². The number of nitrogens with zero attached hydrogens (tertiary/aromatic N) is 1. The van der Waals surface area contributed by atoms with Crippen molar-refractivity contribution in [3.63, 3.8) is 0 Å². The normalized spacial score (nSPS) is 13.0. The molecular formula is C13H17N3O2. The van der Waals surface area contributed by atoms with E-state index >= 15 is 0 Å². The zero-order chi connectivity index (χ0) is 13.1. The third-order valence-electron chi connectivity index (χ3n) is 3.09. The molecule has 1 aliphatic rings. The highest BCUT2D eigenvalue weighted by molar-refractivity contribution is 5.96. The van der Waals surface area contributed by atoms with E-state index < -0.39 is 0 Å². The Hall–Kier alpha value is -1.88. The minimum absolute atomic E-state index is 0.0741. The molecule has 0 spiro atoms. The van der Waals surface area contributed by atoms with Gasteiger partial charge < -0.3 is 15.5 Å². The van der Waals surface area contributed by atoms with Crippen LogP contribution >= 0.6 is 0 Å². The maximum Gasteiger partial charge on any atom is 0.254 e. The van der Waals surface area contributed by atoms with Gasteiger partial charge in [-0.15, -0.1) is 0 Å². The fraction of sp³-hybridized carbons (Fsp3) is 0.385. The molecule has 2 N–H and O–H groups in total. The van der Waals surface area contributed by atoms with Gasteiger partial charge >= 0.3 is 0 Å². The molecule has 1 aromatic carbocycles. The van der Waals surface area contributed by atoms with Crippen molar-refractivity contribution in [3.05, 3.63) is 34.9 Å². The van der Waals surface area contributed by atoms with Crippen LogP contribution < -0.4 is 10.6 Å². The lowest BCUT2D eigenvalue weighted by Gasteiger charge is -2.16. The Morgan fingerprint density at radius 3 is 2.78 bits per heavy atom. The third-order valence-corrected chi connectivity index (χ3v) is 3.09. The van der Waals surface area contributed by atoms with Gasteiger partial charge in [-0.3, -0.25) is 9.59 Å². The Balaban J connectivity index is 2.11. The van der Waals surface area contributed by atoms with E-state index in [2.05, 4.69) is 10.6 Å². The summed E-state index contributed by atoms with van der Waals surface area (Å²) in [6.07, 6.45) is 0. The summed E-state index contributed by atoms with van der Waals surface area (Å²) in [4.78, 5) is 24.8. The van der Waals surface area contributed by atoms with Crippen LogP contribution in [0.25, 0.3) is 0 Å². The number of hydrogen-bond donors (Lipinski definition) is 2. The van der Waals surface area contributed by atoms with Gasteiger partial charge in [0.1, 0.15) is 0 Å². The second-order valence-electron chi connectivity index (χ2n) is 4.42. The molecule has 0 radical (unpaired) electrons. The predicted octanol–water partition coefficient (Wildman–Crippen LogP) is 0.108. The third kappa shape index (κ3) is 2.51. The lowest BCUT2D eigenvalue weighted by Crippen LogP contribution is -2.36. The van der Waals surface area contributed by atoms with Crippen LogP contribution in [0.1, 0.15) is 21.5 Å². The molecule has 5 nitrogen and oxygen atoms in total. The van der Waals surface area contributed by atoms with Crippen LogP contribution in [-0.2, 0) is 17.9 Å². The monoisotopic (exact) mass is 247 g/mol. The second-order valence-corrected chi connectivity index (χ2v) is 4.42. The highest BCUT2D eigenvalue weighted by atomic mass is 16.2. The maximum atomic E-state index is 12.1. The zero-order valence-electron chi connectivity index (χ0n) is 10.6. The van der Waals surface area contributed by atoms with Crippen molar-refractivity contribution >= 4 is 11.8 Å². The number of likely N-dealkylation sites (N-methyl/N-ethyl adjacent to an activating group) is 2. The van der Waals surface area contributed by atoms with Crippen LogP contribution in [0, 0.1) is 0 Å². The van der Waals surface area contributed by atoms with Crippen LogP contribution in [0.3, 0.4) is 0 Å². The molecule has 0 aliphatic carbocycles. The molecule has 96 valence electrons. The number of carbonyl (C=O) groups excluding carboxylic acids is 2. The van der Waals surface area contributed by atoms with Gasteiger partial charge in [0.25, 0.3) is 5.91 Å². The Labute approximate surface area is 106 Å². The molecule has 0 aromatic heterocycles. The molecular weight excluding hydrogens is 230 g/mol. The molecule has 0 saturated carbocycles. The quantitative estimate of drug-likeness (QED) is 0.797. The van der Waals surface area contributed by atoms with Crippen molar-refractivity contribution < 1.29 is 9.59 Å². The largest absolute Gasteiger partial charge is 0.358 e. The van der Waals surface area contributed by atoms with E-state index in [0.29, 0.717) is 5.56 Å². The molecule has 2 rings (SSSR count). The van der Waals surface area contributed by atoms with Crippen LogP contribution in [0.4, 0.5) is 0 Å². The Morgan fingerprint density at radius 1 is 1.33 bits per heavy atom. The molecule has 1 aromatic rings. The summed E-state index contributed by atoms with van der Waals surface area (Å²) in [5.41, 5.74) is 3.03. The fourth-order valence-corrected chi connectivity index (χ4v) is 2.01. The summed E-state index contributed by atoms with van der Waals surface area (Å²) < 4.78 is 0. The molecule has 0 saturated heterocycles. The number of benzene rings is 1. The van der Waals surface area contributed by atoms with E-state index in [1.807, 2.05) is 18.2 Å². The molecule has 0 unspecified atom stereocenters. The van der Waals surface area contributed by atoms with Gasteiger partial charge in [0.15, 0.2) is 0 Å². The van der Waals surface area contributed by atoms with E-state index in [1.165, 1.54) is 10.5 Å². The van der Waals surface area contributed by atoms with Gasteiger partial charge in [-0.05, 0) is 23.3 Å². The summed E-state index contributed by atoms with van der Waals surface area (Å²) in [6, 6.07) is 5.68. The molecule has 18 heavy (non-hydrogen) atoms. The van der Waals surface area contributed by atoms with Gasteiger partial charge in [-0.1, -0.05) is 6.07 Å². The van der Waals surface area contributed by atoms with Crippen molar-refractivity contribution in [3.8, 4) is 0 Å². The first-order valence-corrected chi connectivity index (χ1v) is 5.90. The average Bonchev–Trinajstić information content (AvgIpc) is 2.84. The molecule has 0 bridgehead atoms. The number of rotatable bonds is 3. The molecule has 1 heterocycles. The predicted molar refractivity (Wildman–Crippen MR) is 68.0 cm³/mol. The fourth-order valence-electron chi connectivity index (χ4n) is 2.01. The van der Waals surface area contributed by atoms with Crippen molar-refractivity contribution in [2.24, 2.45) is 0 Å². The average molecular weight is 247 g/mol. The summed E-state index contributed by atoms with van der Waals surface area (Å²) in [6.45, 7) is 1.73. The maximum absolute atomic E-state index is 12.1. The molecule has 0 fully saturated rings. The first-order valence-electron chi connectivity index (χ1n) is 5.90. The van der Waals surface area contributed by atoms with E-state index in [0.717, 1.165) is 18.7 Å². The number of fused-ring (bicyclic) bond motifs is 1. The number of amides is 2. The first kappa shape index (κ1) is 12.6. The van der Waals surface area contributed by atoms with Crippen LogP contribution in [0.2, 0.25) is 0 Å². The smallest absolute Gasteiger partial charge is 0.254 e. The van der Waals surface area contributed by atoms with Gasteiger partial charge in [-0.25, -0.2) is 0 Å². The van der Waals surface area contributed by atoms with Crippen molar-refractivity contribution in [1.29, 1.82) is 0 Å². The lowest BCUT2D eigenvalue weighted by molar-refractivity contribution is -0.121. The number of nitrogens with one attached hydrogen (secondary N) is 2. The SMILES string of the molecule is CNC(=O)CN(C)C(=O)c1ccc2c(c1)CNC2. The summed E-state index contributed by atoms with van der Waals surface area (Å²) in [5.74, 6) is -0.304. The lowest BCUT2D eigenvalue weighted by atomic mass is 10.1. The summed E-state index contributed by atoms with van der Waals surface area (Å²) >= 11 is 0. The van der Waals surface area contributed by atoms with Crippen molar-refractivity contribution in [2.45, 2.75) is 13.1 Å². The minimum atomic E-state index is -0.173. The van der Waals surface area contributed by atoms with Crippen molar-refractivity contribution in [2.75, 3.05) is 20.6 Å². The second kappa shape index (κ2) is 5.18. The molecule has 1 aliphatic heterocycles. The van der Waals surface area contributed by atoms with E-state index in [1.54, 1.807) is 14.1 Å². The van der Waals surface area contributed by atoms with Crippen LogP contribution in [0.5, 0.6) is 0 Å². The van der Waals surface area contributed by atoms with Crippen LogP contribution in [0.15, 0.2) is 18.2 Å². The van der Waals surface area contributed by atoms with Gasteiger partial charge in [0, 0.05) is 32.7 Å². The zero-order valence-corrected chi connectivity index (χ0v) is 10.6. The van der Waals surface area contributed by atoms with Gasteiger partial charge in [0.05, 0.1) is 6.54 Å². The Kier molecular flexibility index (Phi) is 3.62. The van der Waals surface area contributed by atoms with Gasteiger partial charge in [-0.2, -0.15) is 0 Å². The Morgan fingerprint density at radius 2 is 2.06 bits per heavy atom. The number of hydrogen-bond acceptors (Lipinski definition) is 3. The molecule has 5 heteroatoms. The van der Waals surface area contributed by atoms with E-state index in [9.17, 15) is 9.59 Å². The number of carbonyl (C=O) groups is 2. The summed E-state index contributed by atoms with van der Waals surface area (Å²) in [5, 5.41) is 5.74. The highest BCUT2D eigenvalue weighted by Gasteiger charge is 2.17. The standard InChI is InChI=1S/C13H17N3O2/c1-14-12(17)8-16(2)13(18)9-3-4-10-6-15-7-11(10)5-9/h3-5,15H,6-8H2,1-2H3,(H,14,17). The topological polar surface area (TPSA) is 61.4 Å². The van der Waals surface area contributed by atoms with Crippen LogP contribution in [-0.4, -0.2) is 37.4 Å². The summed E-state index contributed by atoms with van der Waals surface area (Å²) in [7, 11) is 3.19. The Bertz CT molecular complexity index is 485. The van der Waals surface area contributed by atoms with Crippen molar-refractivity contribution in [1.82, 2.24) is 15.5 Å². The first-order chi connectivity index (χ1) is 8.61. The molecule has 0 atom stereocenters. The van der Waals surface area contributed by atoms with E-state index in [4.69, 9.17) is 0 Å². The molecule has 2 amide bonds. The minimum Gasteiger partial charge on any atom is -0.358 e.